The van der Waals surface area contributed by atoms with E-state index in [1.54, 1.807) is 6.07 Å². The first-order valence-electron chi connectivity index (χ1n) is 11.7. The number of hydrogen-bond donors (Lipinski definition) is 0. The molecule has 0 spiro atoms. The van der Waals surface area contributed by atoms with Gasteiger partial charge in [-0.3, -0.25) is 4.79 Å². The van der Waals surface area contributed by atoms with Crippen molar-refractivity contribution in [2.45, 2.75) is 78.2 Å². The average molecular weight is 408 g/mol. The smallest absolute Gasteiger partial charge is 0.357 e. The van der Waals surface area contributed by atoms with Gasteiger partial charge in [0.1, 0.15) is 11.8 Å². The monoisotopic (exact) mass is 407 g/mol. The molecule has 0 radical (unpaired) electrons. The zero-order chi connectivity index (χ0) is 21.1. The molecule has 1 heterocycles. The minimum absolute atomic E-state index is 0.0176. The average Bonchev–Trinajstić information content (AvgIpc) is 3.05. The number of allylic oxidation sites excluding steroid dienone is 1. The summed E-state index contributed by atoms with van der Waals surface area (Å²) in [6, 6.07) is 5.52. The molecule has 5 rings (SSSR count). The van der Waals surface area contributed by atoms with E-state index >= 15 is 0 Å². The summed E-state index contributed by atoms with van der Waals surface area (Å²) in [7, 11) is 0. The number of nitrogens with zero attached hydrogens (tertiary/aromatic N) is 1. The predicted molar refractivity (Wildman–Crippen MR) is 115 cm³/mol. The Labute approximate surface area is 179 Å². The Morgan fingerprint density at radius 3 is 2.70 bits per heavy atom. The Morgan fingerprint density at radius 1 is 1.07 bits per heavy atom. The van der Waals surface area contributed by atoms with Crippen LogP contribution in [0.2, 0.25) is 0 Å². The van der Waals surface area contributed by atoms with Crippen molar-refractivity contribution in [3.8, 4) is 0 Å². The fourth-order valence-corrected chi connectivity index (χ4v) is 7.55. The van der Waals surface area contributed by atoms with Gasteiger partial charge in [0, 0.05) is 17.5 Å². The number of fused-ring (bicyclic) bond motifs is 5. The van der Waals surface area contributed by atoms with Gasteiger partial charge in [0.2, 0.25) is 0 Å². The number of carbonyl (C=O) groups excluding carboxylic acids is 2. The van der Waals surface area contributed by atoms with Crippen LogP contribution < -0.4 is 0 Å². The van der Waals surface area contributed by atoms with Crippen molar-refractivity contribution in [2.75, 3.05) is 0 Å². The number of aromatic nitrogens is 1. The standard InChI is InChI=1S/C26H33NO3/c1-16-5-4-6-22(27-16)24(29)30-23-10-9-20-19-8-7-17-15-18(28)11-13-25(17,2)21(19)12-14-26(20,23)3/h4-6,15,19-21,23H,7-14H2,1-3H3/t19-,20-,21-,23-,25-,26-/m0/s1. The number of carbonyl (C=O) groups is 2. The SMILES string of the molecule is Cc1cccc(C(=O)O[C@H]2CC[C@H]3[C@@H]4CCC5=CC(=O)CC[C@]5(C)[C@H]4CC[C@]23C)n1. The number of hydrogen-bond acceptors (Lipinski definition) is 4. The fraction of sp³-hybridized carbons (Fsp3) is 0.654. The summed E-state index contributed by atoms with van der Waals surface area (Å²) in [6.07, 6.45) is 10.3. The number of ketones is 1. The number of esters is 1. The molecule has 4 aliphatic rings. The molecule has 0 saturated heterocycles. The van der Waals surface area contributed by atoms with Crippen LogP contribution in [0.5, 0.6) is 0 Å². The highest BCUT2D eigenvalue weighted by Gasteiger charge is 2.60. The summed E-state index contributed by atoms with van der Waals surface area (Å²) < 4.78 is 6.09. The van der Waals surface area contributed by atoms with Crippen LogP contribution in [0.25, 0.3) is 0 Å². The van der Waals surface area contributed by atoms with Crippen molar-refractivity contribution in [2.24, 2.45) is 28.6 Å². The molecule has 4 heteroatoms. The Hall–Kier alpha value is -1.97. The zero-order valence-electron chi connectivity index (χ0n) is 18.4. The molecule has 3 saturated carbocycles. The molecule has 0 bridgehead atoms. The van der Waals surface area contributed by atoms with E-state index in [1.807, 2.05) is 25.1 Å². The third kappa shape index (κ3) is 2.98. The second-order valence-corrected chi connectivity index (χ2v) is 10.6. The van der Waals surface area contributed by atoms with E-state index < -0.39 is 0 Å². The van der Waals surface area contributed by atoms with Crippen molar-refractivity contribution in [3.05, 3.63) is 41.2 Å². The van der Waals surface area contributed by atoms with Crippen LogP contribution in [-0.4, -0.2) is 22.8 Å². The Balaban J connectivity index is 1.36. The molecule has 1 aromatic rings. The van der Waals surface area contributed by atoms with E-state index in [0.717, 1.165) is 37.8 Å². The summed E-state index contributed by atoms with van der Waals surface area (Å²) in [5, 5.41) is 0. The lowest BCUT2D eigenvalue weighted by atomic mass is 9.47. The number of aryl methyl sites for hydroxylation is 1. The van der Waals surface area contributed by atoms with E-state index in [9.17, 15) is 9.59 Å². The Kier molecular flexibility index (Phi) is 4.68. The van der Waals surface area contributed by atoms with E-state index in [4.69, 9.17) is 4.74 Å². The van der Waals surface area contributed by atoms with Gasteiger partial charge in [0.15, 0.2) is 5.78 Å². The molecular formula is C26H33NO3. The second-order valence-electron chi connectivity index (χ2n) is 10.6. The summed E-state index contributed by atoms with van der Waals surface area (Å²) in [5.74, 6) is 1.99. The van der Waals surface area contributed by atoms with Crippen LogP contribution in [0.3, 0.4) is 0 Å². The van der Waals surface area contributed by atoms with Gasteiger partial charge in [-0.1, -0.05) is 25.5 Å². The molecule has 0 N–H and O–H groups in total. The number of pyridine rings is 1. The van der Waals surface area contributed by atoms with Crippen molar-refractivity contribution in [3.63, 3.8) is 0 Å². The molecule has 30 heavy (non-hydrogen) atoms. The minimum Gasteiger partial charge on any atom is -0.457 e. The van der Waals surface area contributed by atoms with Gasteiger partial charge in [-0.15, -0.1) is 0 Å². The molecule has 0 aliphatic heterocycles. The van der Waals surface area contributed by atoms with Crippen LogP contribution in [0.1, 0.15) is 81.4 Å². The molecule has 1 aromatic heterocycles. The van der Waals surface area contributed by atoms with Gasteiger partial charge >= 0.3 is 5.97 Å². The highest BCUT2D eigenvalue weighted by Crippen LogP contribution is 2.65. The van der Waals surface area contributed by atoms with Crippen LogP contribution >= 0.6 is 0 Å². The van der Waals surface area contributed by atoms with Crippen LogP contribution in [0.15, 0.2) is 29.8 Å². The lowest BCUT2D eigenvalue weighted by molar-refractivity contribution is -0.118. The summed E-state index contributed by atoms with van der Waals surface area (Å²) in [6.45, 7) is 6.68. The largest absolute Gasteiger partial charge is 0.457 e. The normalized spacial score (nSPS) is 40.1. The number of ether oxygens (including phenoxy) is 1. The van der Waals surface area contributed by atoms with E-state index in [0.29, 0.717) is 35.7 Å². The predicted octanol–water partition coefficient (Wildman–Crippen LogP) is 5.45. The second kappa shape index (κ2) is 7.03. The molecule has 4 nitrogen and oxygen atoms in total. The highest BCUT2D eigenvalue weighted by molar-refractivity contribution is 5.91. The van der Waals surface area contributed by atoms with Gasteiger partial charge in [-0.2, -0.15) is 0 Å². The topological polar surface area (TPSA) is 56.3 Å². The van der Waals surface area contributed by atoms with Crippen LogP contribution in [-0.2, 0) is 9.53 Å². The molecule has 3 fully saturated rings. The molecule has 160 valence electrons. The first-order chi connectivity index (χ1) is 14.3. The summed E-state index contributed by atoms with van der Waals surface area (Å²) in [5.41, 5.74) is 2.92. The summed E-state index contributed by atoms with van der Waals surface area (Å²) in [4.78, 5) is 29.2. The molecule has 0 aromatic carbocycles. The van der Waals surface area contributed by atoms with Crippen molar-refractivity contribution >= 4 is 11.8 Å². The minimum atomic E-state index is -0.278. The van der Waals surface area contributed by atoms with Gasteiger partial charge in [0.05, 0.1) is 0 Å². The van der Waals surface area contributed by atoms with Gasteiger partial charge < -0.3 is 4.74 Å². The zero-order valence-corrected chi connectivity index (χ0v) is 18.4. The maximum absolute atomic E-state index is 12.8. The van der Waals surface area contributed by atoms with E-state index in [1.165, 1.54) is 18.4 Å². The maximum atomic E-state index is 12.8. The van der Waals surface area contributed by atoms with Gasteiger partial charge in [-0.25, -0.2) is 9.78 Å². The van der Waals surface area contributed by atoms with Gasteiger partial charge in [0.25, 0.3) is 0 Å². The van der Waals surface area contributed by atoms with Crippen molar-refractivity contribution < 1.29 is 14.3 Å². The lowest BCUT2D eigenvalue weighted by Crippen LogP contribution is -2.51. The summed E-state index contributed by atoms with van der Waals surface area (Å²) >= 11 is 0. The molecule has 6 atom stereocenters. The quantitative estimate of drug-likeness (QED) is 0.612. The van der Waals surface area contributed by atoms with Crippen molar-refractivity contribution in [1.29, 1.82) is 0 Å². The maximum Gasteiger partial charge on any atom is 0.357 e. The first-order valence-corrected chi connectivity index (χ1v) is 11.7. The lowest BCUT2D eigenvalue weighted by Gasteiger charge is -2.57. The highest BCUT2D eigenvalue weighted by atomic mass is 16.5. The molecule has 0 amide bonds. The number of rotatable bonds is 2. The van der Waals surface area contributed by atoms with E-state index in [2.05, 4.69) is 18.8 Å². The van der Waals surface area contributed by atoms with E-state index in [-0.39, 0.29) is 22.9 Å². The first kappa shape index (κ1) is 20.0. The fourth-order valence-electron chi connectivity index (χ4n) is 7.55. The van der Waals surface area contributed by atoms with Crippen molar-refractivity contribution in [1.82, 2.24) is 4.98 Å². The molecule has 4 aliphatic carbocycles. The Bertz CT molecular complexity index is 921. The van der Waals surface area contributed by atoms with Gasteiger partial charge in [-0.05, 0) is 93.2 Å². The van der Waals surface area contributed by atoms with Crippen LogP contribution in [0.4, 0.5) is 0 Å². The van der Waals surface area contributed by atoms with Crippen LogP contribution in [0, 0.1) is 35.5 Å². The third-order valence-corrected chi connectivity index (χ3v) is 9.22. The molecule has 0 unspecified atom stereocenters. The Morgan fingerprint density at radius 2 is 1.90 bits per heavy atom. The molecular weight excluding hydrogens is 374 g/mol. The third-order valence-electron chi connectivity index (χ3n) is 9.22.